The Bertz CT molecular complexity index is 918. The molecule has 0 bridgehead atoms. The molecule has 1 aliphatic heterocycles. The monoisotopic (exact) mass is 391 g/mol. The number of ether oxygens (including phenoxy) is 1. The van der Waals surface area contributed by atoms with Gasteiger partial charge < -0.3 is 10.1 Å². The minimum Gasteiger partial charge on any atom is -0.380 e. The second-order valence-corrected chi connectivity index (χ2v) is 8.19. The van der Waals surface area contributed by atoms with Crippen LogP contribution < -0.4 is 5.32 Å². The van der Waals surface area contributed by atoms with Crippen molar-refractivity contribution in [1.29, 1.82) is 5.26 Å². The molecule has 1 aliphatic rings. The van der Waals surface area contributed by atoms with Crippen molar-refractivity contribution in [2.75, 3.05) is 31.6 Å². The van der Waals surface area contributed by atoms with Gasteiger partial charge >= 0.3 is 0 Å². The molecule has 3 rings (SSSR count). The third-order valence-corrected chi connectivity index (χ3v) is 6.26. The summed E-state index contributed by atoms with van der Waals surface area (Å²) in [4.78, 5) is 0.271. The first kappa shape index (κ1) is 18.7. The number of sulfonamides is 1. The molecule has 0 aromatic heterocycles. The number of nitrogens with one attached hydrogen (secondary N) is 1. The summed E-state index contributed by atoms with van der Waals surface area (Å²) >= 11 is 5.89. The Balaban J connectivity index is 1.69. The summed E-state index contributed by atoms with van der Waals surface area (Å²) in [6.07, 6.45) is 0. The molecule has 0 spiro atoms. The van der Waals surface area contributed by atoms with Gasteiger partial charge in [0.25, 0.3) is 0 Å². The van der Waals surface area contributed by atoms with Crippen LogP contribution in [0.5, 0.6) is 0 Å². The van der Waals surface area contributed by atoms with Crippen molar-refractivity contribution in [2.24, 2.45) is 0 Å². The molecule has 2 aromatic rings. The Morgan fingerprint density at radius 2 is 1.85 bits per heavy atom. The Kier molecular flexibility index (Phi) is 5.79. The molecular weight excluding hydrogens is 374 g/mol. The van der Waals surface area contributed by atoms with E-state index in [0.717, 1.165) is 5.56 Å². The van der Waals surface area contributed by atoms with E-state index in [0.29, 0.717) is 49.1 Å². The van der Waals surface area contributed by atoms with Gasteiger partial charge in [-0.2, -0.15) is 9.57 Å². The van der Waals surface area contributed by atoms with Crippen LogP contribution in [0.3, 0.4) is 0 Å². The van der Waals surface area contributed by atoms with Gasteiger partial charge in [-0.25, -0.2) is 8.42 Å². The molecule has 0 radical (unpaired) electrons. The van der Waals surface area contributed by atoms with Crippen LogP contribution in [0.2, 0.25) is 5.02 Å². The molecule has 0 unspecified atom stereocenters. The van der Waals surface area contributed by atoms with Crippen LogP contribution in [0.4, 0.5) is 5.69 Å². The van der Waals surface area contributed by atoms with Crippen molar-refractivity contribution in [3.63, 3.8) is 0 Å². The molecule has 0 atom stereocenters. The zero-order valence-electron chi connectivity index (χ0n) is 14.0. The molecule has 8 heteroatoms. The van der Waals surface area contributed by atoms with E-state index in [1.165, 1.54) is 4.31 Å². The van der Waals surface area contributed by atoms with Crippen LogP contribution in [-0.4, -0.2) is 39.0 Å². The maximum Gasteiger partial charge on any atom is 0.243 e. The highest BCUT2D eigenvalue weighted by Crippen LogP contribution is 2.21. The van der Waals surface area contributed by atoms with Crippen LogP contribution in [0.15, 0.2) is 47.4 Å². The number of hydrogen-bond acceptors (Lipinski definition) is 5. The first-order valence-electron chi connectivity index (χ1n) is 8.11. The zero-order chi connectivity index (χ0) is 18.6. The quantitative estimate of drug-likeness (QED) is 0.847. The van der Waals surface area contributed by atoms with Crippen molar-refractivity contribution < 1.29 is 13.2 Å². The number of nitrogens with zero attached hydrogens (tertiary/aromatic N) is 2. The number of nitriles is 1. The molecular formula is C18H18ClN3O3S. The zero-order valence-corrected chi connectivity index (χ0v) is 15.6. The third kappa shape index (κ3) is 4.17. The fourth-order valence-electron chi connectivity index (χ4n) is 2.68. The van der Waals surface area contributed by atoms with Gasteiger partial charge in [0, 0.05) is 24.7 Å². The first-order valence-corrected chi connectivity index (χ1v) is 9.93. The smallest absolute Gasteiger partial charge is 0.243 e. The maximum atomic E-state index is 12.6. The summed E-state index contributed by atoms with van der Waals surface area (Å²) in [6, 6.07) is 13.9. The Labute approximate surface area is 158 Å². The number of rotatable bonds is 5. The Morgan fingerprint density at radius 3 is 2.50 bits per heavy atom. The van der Waals surface area contributed by atoms with E-state index in [2.05, 4.69) is 11.4 Å². The lowest BCUT2D eigenvalue weighted by atomic mass is 10.1. The van der Waals surface area contributed by atoms with Crippen molar-refractivity contribution >= 4 is 27.3 Å². The molecule has 1 saturated heterocycles. The first-order chi connectivity index (χ1) is 12.5. The molecule has 0 aliphatic carbocycles. The minimum absolute atomic E-state index is 0.271. The highest BCUT2D eigenvalue weighted by atomic mass is 35.5. The number of halogens is 1. The van der Waals surface area contributed by atoms with E-state index in [1.807, 2.05) is 0 Å². The molecule has 1 heterocycles. The third-order valence-electron chi connectivity index (χ3n) is 4.12. The van der Waals surface area contributed by atoms with Crippen LogP contribution in [0.1, 0.15) is 11.1 Å². The number of morpholine rings is 1. The molecule has 1 fully saturated rings. The van der Waals surface area contributed by atoms with Crippen molar-refractivity contribution in [1.82, 2.24) is 4.31 Å². The summed E-state index contributed by atoms with van der Waals surface area (Å²) in [5, 5.41) is 12.8. The van der Waals surface area contributed by atoms with E-state index in [1.54, 1.807) is 42.5 Å². The largest absolute Gasteiger partial charge is 0.380 e. The summed E-state index contributed by atoms with van der Waals surface area (Å²) in [6.45, 7) is 2.06. The van der Waals surface area contributed by atoms with E-state index >= 15 is 0 Å². The van der Waals surface area contributed by atoms with Crippen molar-refractivity contribution in [2.45, 2.75) is 11.4 Å². The summed E-state index contributed by atoms with van der Waals surface area (Å²) in [7, 11) is -3.49. The predicted molar refractivity (Wildman–Crippen MR) is 99.5 cm³/mol. The lowest BCUT2D eigenvalue weighted by Gasteiger charge is -2.26. The minimum atomic E-state index is -3.49. The lowest BCUT2D eigenvalue weighted by molar-refractivity contribution is 0.0730. The van der Waals surface area contributed by atoms with Gasteiger partial charge in [-0.05, 0) is 35.9 Å². The maximum absolute atomic E-state index is 12.6. The van der Waals surface area contributed by atoms with Gasteiger partial charge in [-0.1, -0.05) is 23.7 Å². The molecule has 1 N–H and O–H groups in total. The lowest BCUT2D eigenvalue weighted by Crippen LogP contribution is -2.40. The second-order valence-electron chi connectivity index (χ2n) is 5.82. The van der Waals surface area contributed by atoms with Crippen molar-refractivity contribution in [3.05, 3.63) is 58.6 Å². The van der Waals surface area contributed by atoms with Crippen LogP contribution in [0.25, 0.3) is 0 Å². The average molecular weight is 392 g/mol. The second kappa shape index (κ2) is 8.06. The van der Waals surface area contributed by atoms with Gasteiger partial charge in [0.05, 0.1) is 29.4 Å². The molecule has 0 amide bonds. The van der Waals surface area contributed by atoms with Crippen molar-refractivity contribution in [3.8, 4) is 6.07 Å². The fourth-order valence-corrected chi connectivity index (χ4v) is 4.26. The summed E-state index contributed by atoms with van der Waals surface area (Å²) in [5.41, 5.74) is 2.05. The summed E-state index contributed by atoms with van der Waals surface area (Å²) in [5.74, 6) is 0. The van der Waals surface area contributed by atoms with Crippen LogP contribution in [-0.2, 0) is 21.3 Å². The van der Waals surface area contributed by atoms with Gasteiger partial charge in [-0.15, -0.1) is 0 Å². The SMILES string of the molecule is N#Cc1cc(Cl)ccc1NCc1ccc(S(=O)(=O)N2CCOCC2)cc1. The molecule has 136 valence electrons. The number of anilines is 1. The van der Waals surface area contributed by atoms with Gasteiger partial charge in [0.1, 0.15) is 6.07 Å². The van der Waals surface area contributed by atoms with E-state index in [9.17, 15) is 8.42 Å². The summed E-state index contributed by atoms with van der Waals surface area (Å²) < 4.78 is 31.8. The van der Waals surface area contributed by atoms with Gasteiger partial charge in [0.2, 0.25) is 10.0 Å². The predicted octanol–water partition coefficient (Wildman–Crippen LogP) is 2.84. The normalized spacial score (nSPS) is 15.4. The standard InChI is InChI=1S/C18H18ClN3O3S/c19-16-3-6-18(15(11-16)12-20)21-13-14-1-4-17(5-2-14)26(23,24)22-7-9-25-10-8-22/h1-6,11,21H,7-10,13H2. The van der Waals surface area contributed by atoms with E-state index in [4.69, 9.17) is 21.6 Å². The van der Waals surface area contributed by atoms with Gasteiger partial charge in [-0.3, -0.25) is 0 Å². The highest BCUT2D eigenvalue weighted by molar-refractivity contribution is 7.89. The Hall–Kier alpha value is -2.11. The number of benzene rings is 2. The van der Waals surface area contributed by atoms with E-state index in [-0.39, 0.29) is 4.90 Å². The molecule has 6 nitrogen and oxygen atoms in total. The molecule has 26 heavy (non-hydrogen) atoms. The van der Waals surface area contributed by atoms with E-state index < -0.39 is 10.0 Å². The Morgan fingerprint density at radius 1 is 1.15 bits per heavy atom. The molecule has 0 saturated carbocycles. The van der Waals surface area contributed by atoms with Crippen LogP contribution >= 0.6 is 11.6 Å². The highest BCUT2D eigenvalue weighted by Gasteiger charge is 2.25. The average Bonchev–Trinajstić information content (AvgIpc) is 2.68. The van der Waals surface area contributed by atoms with Crippen LogP contribution in [0, 0.1) is 11.3 Å². The van der Waals surface area contributed by atoms with Gasteiger partial charge in [0.15, 0.2) is 0 Å². The fraction of sp³-hybridized carbons (Fsp3) is 0.278. The topological polar surface area (TPSA) is 82.4 Å². The molecule has 2 aromatic carbocycles. The number of hydrogen-bond donors (Lipinski definition) is 1.